The van der Waals surface area contributed by atoms with Gasteiger partial charge in [0.1, 0.15) is 6.54 Å². The highest BCUT2D eigenvalue weighted by Gasteiger charge is 2.35. The summed E-state index contributed by atoms with van der Waals surface area (Å²) in [6.07, 6.45) is 0. The molecule has 2 heterocycles. The molecule has 2 amide bonds. The highest BCUT2D eigenvalue weighted by molar-refractivity contribution is 7.10. The van der Waals surface area contributed by atoms with Gasteiger partial charge in [0.05, 0.1) is 11.0 Å². The fraction of sp³-hybridized carbons (Fsp3) is 0.182. The molecule has 1 aliphatic rings. The largest absolute Gasteiger partial charge is 0.324 e. The highest BCUT2D eigenvalue weighted by Crippen LogP contribution is 2.39. The maximum atomic E-state index is 13.5. The smallest absolute Gasteiger partial charge is 0.273 e. The van der Waals surface area contributed by atoms with Crippen LogP contribution in [0.4, 0.5) is 11.4 Å². The van der Waals surface area contributed by atoms with E-state index >= 15 is 0 Å². The van der Waals surface area contributed by atoms with Gasteiger partial charge in [-0.2, -0.15) is 0 Å². The summed E-state index contributed by atoms with van der Waals surface area (Å²) < 4.78 is 0. The van der Waals surface area contributed by atoms with E-state index in [2.05, 4.69) is 5.32 Å². The minimum absolute atomic E-state index is 0.121. The van der Waals surface area contributed by atoms with Crippen molar-refractivity contribution in [2.75, 3.05) is 11.9 Å². The maximum absolute atomic E-state index is 13.5. The van der Waals surface area contributed by atoms with Gasteiger partial charge in [-0.1, -0.05) is 29.8 Å². The highest BCUT2D eigenvalue weighted by atomic mass is 32.1. The number of anilines is 1. The first kappa shape index (κ1) is 19.8. The molecule has 1 atom stereocenters. The number of fused-ring (bicyclic) bond motifs is 1. The van der Waals surface area contributed by atoms with E-state index in [0.717, 1.165) is 16.0 Å². The minimum Gasteiger partial charge on any atom is -0.324 e. The van der Waals surface area contributed by atoms with Gasteiger partial charge in [-0.15, -0.1) is 11.3 Å². The molecular weight excluding hydrogens is 402 g/mol. The fourth-order valence-electron chi connectivity index (χ4n) is 3.67. The normalized spacial score (nSPS) is 15.9. The fourth-order valence-corrected chi connectivity index (χ4v) is 4.53. The number of carbonyl (C=O) groups excluding carboxylic acids is 2. The summed E-state index contributed by atoms with van der Waals surface area (Å²) in [6.45, 7) is 3.42. The van der Waals surface area contributed by atoms with Crippen molar-refractivity contribution < 1.29 is 14.5 Å². The molecule has 0 saturated carbocycles. The molecular formula is C22H19N3O4S. The minimum atomic E-state index is -0.503. The second-order valence-corrected chi connectivity index (χ2v) is 8.23. The summed E-state index contributed by atoms with van der Waals surface area (Å²) in [7, 11) is 0. The second kappa shape index (κ2) is 7.72. The number of aryl methyl sites for hydroxylation is 2. The van der Waals surface area contributed by atoms with Gasteiger partial charge >= 0.3 is 0 Å². The average molecular weight is 421 g/mol. The number of nitrogens with one attached hydrogen (secondary N) is 1. The van der Waals surface area contributed by atoms with Crippen LogP contribution in [0.15, 0.2) is 53.9 Å². The molecule has 2 aromatic carbocycles. The molecule has 8 heteroatoms. The zero-order valence-corrected chi connectivity index (χ0v) is 17.2. The molecule has 0 spiro atoms. The van der Waals surface area contributed by atoms with Crippen LogP contribution in [-0.2, 0) is 4.79 Å². The number of rotatable bonds is 3. The molecule has 1 unspecified atom stereocenters. The summed E-state index contributed by atoms with van der Waals surface area (Å²) in [5.41, 5.74) is 3.01. The molecule has 0 bridgehead atoms. The summed E-state index contributed by atoms with van der Waals surface area (Å²) in [5, 5.41) is 16.2. The Morgan fingerprint density at radius 2 is 2.00 bits per heavy atom. The second-order valence-electron chi connectivity index (χ2n) is 7.25. The topological polar surface area (TPSA) is 92.6 Å². The Morgan fingerprint density at radius 1 is 1.20 bits per heavy atom. The molecule has 7 nitrogen and oxygen atoms in total. The number of nitro groups is 1. The Bertz CT molecular complexity index is 1160. The number of thiophene rings is 1. The molecule has 0 radical (unpaired) electrons. The van der Waals surface area contributed by atoms with Crippen molar-refractivity contribution in [3.05, 3.63) is 91.2 Å². The Hall–Kier alpha value is -3.52. The van der Waals surface area contributed by atoms with Crippen LogP contribution >= 0.6 is 11.3 Å². The van der Waals surface area contributed by atoms with Gasteiger partial charge in [0.15, 0.2) is 0 Å². The van der Waals surface area contributed by atoms with E-state index < -0.39 is 16.9 Å². The van der Waals surface area contributed by atoms with E-state index in [9.17, 15) is 19.7 Å². The van der Waals surface area contributed by atoms with Crippen LogP contribution < -0.4 is 5.32 Å². The molecule has 0 fully saturated rings. The van der Waals surface area contributed by atoms with Crippen molar-refractivity contribution in [1.82, 2.24) is 4.90 Å². The number of hydrogen-bond donors (Lipinski definition) is 1. The van der Waals surface area contributed by atoms with Crippen molar-refractivity contribution in [1.29, 1.82) is 0 Å². The van der Waals surface area contributed by atoms with Crippen LogP contribution in [0.5, 0.6) is 0 Å². The zero-order valence-electron chi connectivity index (χ0n) is 16.4. The van der Waals surface area contributed by atoms with Crippen LogP contribution in [0.3, 0.4) is 0 Å². The van der Waals surface area contributed by atoms with Crippen LogP contribution in [-0.4, -0.2) is 28.2 Å². The van der Waals surface area contributed by atoms with E-state index in [1.807, 2.05) is 42.6 Å². The summed E-state index contributed by atoms with van der Waals surface area (Å²) in [5.74, 6) is -0.741. The zero-order chi connectivity index (χ0) is 21.4. The van der Waals surface area contributed by atoms with E-state index in [4.69, 9.17) is 0 Å². The number of amides is 2. The van der Waals surface area contributed by atoms with Gasteiger partial charge in [-0.25, -0.2) is 0 Å². The van der Waals surface area contributed by atoms with Crippen LogP contribution in [0.1, 0.15) is 38.0 Å². The molecule has 4 rings (SSSR count). The van der Waals surface area contributed by atoms with Gasteiger partial charge in [0, 0.05) is 33.3 Å². The van der Waals surface area contributed by atoms with E-state index in [0.29, 0.717) is 11.3 Å². The quantitative estimate of drug-likeness (QED) is 0.499. The first-order valence-electron chi connectivity index (χ1n) is 9.35. The van der Waals surface area contributed by atoms with E-state index in [1.54, 1.807) is 19.1 Å². The number of benzene rings is 2. The molecule has 1 aromatic heterocycles. The monoisotopic (exact) mass is 421 g/mol. The molecule has 0 saturated heterocycles. The predicted molar refractivity (Wildman–Crippen MR) is 115 cm³/mol. The summed E-state index contributed by atoms with van der Waals surface area (Å²) >= 11 is 1.50. The molecule has 1 aliphatic heterocycles. The molecule has 1 N–H and O–H groups in total. The first-order chi connectivity index (χ1) is 14.3. The lowest BCUT2D eigenvalue weighted by Gasteiger charge is -2.29. The number of nitrogens with zero attached hydrogens (tertiary/aromatic N) is 2. The van der Waals surface area contributed by atoms with Crippen LogP contribution in [0.2, 0.25) is 0 Å². The Kier molecular flexibility index (Phi) is 5.09. The maximum Gasteiger partial charge on any atom is 0.273 e. The Balaban J connectivity index is 1.86. The van der Waals surface area contributed by atoms with Crippen molar-refractivity contribution >= 4 is 34.5 Å². The third-order valence-corrected chi connectivity index (χ3v) is 6.05. The summed E-state index contributed by atoms with van der Waals surface area (Å²) in [4.78, 5) is 39.4. The lowest BCUT2D eigenvalue weighted by molar-refractivity contribution is -0.385. The molecule has 30 heavy (non-hydrogen) atoms. The van der Waals surface area contributed by atoms with Crippen molar-refractivity contribution in [2.24, 2.45) is 0 Å². The number of nitro benzene ring substituents is 1. The predicted octanol–water partition coefficient (Wildman–Crippen LogP) is 4.46. The van der Waals surface area contributed by atoms with E-state index in [1.165, 1.54) is 22.3 Å². The SMILES string of the molecule is Cc1ccc2c(c1)C(c1cccs1)N(C(=O)c1ccc(C)c([N+](=O)[O-])c1)CC(=O)N2. The van der Waals surface area contributed by atoms with Gasteiger partial charge in [-0.3, -0.25) is 19.7 Å². The molecule has 3 aromatic rings. The molecule has 152 valence electrons. The van der Waals surface area contributed by atoms with Crippen molar-refractivity contribution in [3.63, 3.8) is 0 Å². The number of carbonyl (C=O) groups is 2. The number of hydrogen-bond acceptors (Lipinski definition) is 5. The molecule has 0 aliphatic carbocycles. The standard InChI is InChI=1S/C22H19N3O4S/c1-13-5-8-17-16(10-13)21(19-4-3-9-30-19)24(12-20(26)23-17)22(27)15-7-6-14(2)18(11-15)25(28)29/h3-11,21H,12H2,1-2H3,(H,23,26). The van der Waals surface area contributed by atoms with Gasteiger partial charge in [0.25, 0.3) is 11.6 Å². The lowest BCUT2D eigenvalue weighted by Crippen LogP contribution is -2.38. The van der Waals surface area contributed by atoms with Gasteiger partial charge in [0.2, 0.25) is 5.91 Å². The van der Waals surface area contributed by atoms with Crippen molar-refractivity contribution in [3.8, 4) is 0 Å². The third-order valence-electron chi connectivity index (χ3n) is 5.13. The third kappa shape index (κ3) is 3.57. The Labute approximate surface area is 177 Å². The van der Waals surface area contributed by atoms with Crippen molar-refractivity contribution in [2.45, 2.75) is 19.9 Å². The summed E-state index contributed by atoms with van der Waals surface area (Å²) in [6, 6.07) is 13.5. The Morgan fingerprint density at radius 3 is 2.70 bits per heavy atom. The lowest BCUT2D eigenvalue weighted by atomic mass is 9.98. The van der Waals surface area contributed by atoms with Gasteiger partial charge in [-0.05, 0) is 37.4 Å². The first-order valence-corrected chi connectivity index (χ1v) is 10.2. The van der Waals surface area contributed by atoms with E-state index in [-0.39, 0.29) is 23.7 Å². The van der Waals surface area contributed by atoms with Crippen LogP contribution in [0, 0.1) is 24.0 Å². The van der Waals surface area contributed by atoms with Gasteiger partial charge < -0.3 is 10.2 Å². The van der Waals surface area contributed by atoms with Crippen LogP contribution in [0.25, 0.3) is 0 Å². The average Bonchev–Trinajstić information content (AvgIpc) is 3.18.